The summed E-state index contributed by atoms with van der Waals surface area (Å²) in [5, 5.41) is 23.3. The Hall–Kier alpha value is -2.18. The number of aliphatic hydroxyl groups is 2. The van der Waals surface area contributed by atoms with Crippen LogP contribution in [0.2, 0.25) is 0 Å². The number of carbonyl (C=O) groups excluding carboxylic acids is 2. The molecule has 2 unspecified atom stereocenters. The van der Waals surface area contributed by atoms with Crippen LogP contribution >= 0.6 is 0 Å². The number of hydrogen-bond acceptors (Lipinski definition) is 5. The summed E-state index contributed by atoms with van der Waals surface area (Å²) < 4.78 is 5.51. The molecule has 0 fully saturated rings. The number of nitrogens with one attached hydrogen (secondary N) is 1. The predicted octanol–water partition coefficient (Wildman–Crippen LogP) is 27.9. The van der Waals surface area contributed by atoms with Crippen molar-refractivity contribution in [2.45, 2.75) is 475 Å². The van der Waals surface area contributed by atoms with Gasteiger partial charge in [-0.2, -0.15) is 0 Å². The van der Waals surface area contributed by atoms with Crippen molar-refractivity contribution in [3.05, 3.63) is 48.6 Å². The van der Waals surface area contributed by atoms with Crippen LogP contribution in [0.15, 0.2) is 48.6 Å². The van der Waals surface area contributed by atoms with Crippen LogP contribution in [0.4, 0.5) is 0 Å². The summed E-state index contributed by atoms with van der Waals surface area (Å²) in [7, 11) is 0. The largest absolute Gasteiger partial charge is 0.466 e. The van der Waals surface area contributed by atoms with E-state index in [-0.39, 0.29) is 18.5 Å². The van der Waals surface area contributed by atoms with Crippen LogP contribution in [0.25, 0.3) is 0 Å². The van der Waals surface area contributed by atoms with Gasteiger partial charge in [-0.15, -0.1) is 0 Å². The molecule has 542 valence electrons. The van der Waals surface area contributed by atoms with Gasteiger partial charge in [0.15, 0.2) is 0 Å². The molecule has 0 aromatic rings. The quantitative estimate of drug-likeness (QED) is 0.0320. The third-order valence-electron chi connectivity index (χ3n) is 19.6. The first-order chi connectivity index (χ1) is 45.5. The molecule has 2 atom stereocenters. The first kappa shape index (κ1) is 89.8. The lowest BCUT2D eigenvalue weighted by Crippen LogP contribution is -2.45. The van der Waals surface area contributed by atoms with Crippen molar-refractivity contribution in [1.29, 1.82) is 0 Å². The molecule has 0 aliphatic carbocycles. The SMILES string of the molecule is CCCCCC/C=C\C/C=C\CCCCCCCCCC(=O)OCCCCCCCCCCCCCCCCCCCC/C=C\CCCCCCCCCCCCCCCCCCCC(=O)NC(CO)C(O)/C=C/CCCCCCCCCCCCCCCCCC. The summed E-state index contributed by atoms with van der Waals surface area (Å²) in [6.45, 7) is 4.93. The summed E-state index contributed by atoms with van der Waals surface area (Å²) in [6.07, 6.45) is 108. The second-order valence-corrected chi connectivity index (χ2v) is 28.8. The van der Waals surface area contributed by atoms with Crippen molar-refractivity contribution in [2.24, 2.45) is 0 Å². The number of esters is 1. The zero-order valence-corrected chi connectivity index (χ0v) is 62.3. The number of allylic oxidation sites excluding steroid dienone is 7. The number of amides is 1. The Balaban J connectivity index is 3.34. The highest BCUT2D eigenvalue weighted by Crippen LogP contribution is 2.20. The Labute approximate surface area is 576 Å². The molecule has 0 aliphatic heterocycles. The highest BCUT2D eigenvalue weighted by atomic mass is 16.5. The molecule has 6 heteroatoms. The number of aliphatic hydroxyl groups excluding tert-OH is 2. The van der Waals surface area contributed by atoms with E-state index < -0.39 is 12.1 Å². The van der Waals surface area contributed by atoms with Crippen molar-refractivity contribution in [2.75, 3.05) is 13.2 Å². The van der Waals surface area contributed by atoms with Gasteiger partial charge in [-0.05, 0) is 89.9 Å². The smallest absolute Gasteiger partial charge is 0.305 e. The highest BCUT2D eigenvalue weighted by molar-refractivity contribution is 5.76. The van der Waals surface area contributed by atoms with Gasteiger partial charge in [0.2, 0.25) is 5.91 Å². The fraction of sp³-hybridized carbons (Fsp3) is 0.884. The fourth-order valence-electron chi connectivity index (χ4n) is 13.2. The first-order valence-corrected chi connectivity index (χ1v) is 41.9. The van der Waals surface area contributed by atoms with E-state index in [0.29, 0.717) is 19.4 Å². The Morgan fingerprint density at radius 1 is 0.304 bits per heavy atom. The third kappa shape index (κ3) is 76.8. The van der Waals surface area contributed by atoms with Crippen molar-refractivity contribution >= 4 is 11.9 Å². The minimum absolute atomic E-state index is 0.0155. The zero-order valence-electron chi connectivity index (χ0n) is 62.3. The number of carbonyl (C=O) groups is 2. The minimum atomic E-state index is -0.842. The van der Waals surface area contributed by atoms with Crippen molar-refractivity contribution in [3.8, 4) is 0 Å². The van der Waals surface area contributed by atoms with Crippen molar-refractivity contribution in [3.63, 3.8) is 0 Å². The molecule has 0 aromatic carbocycles. The Kier molecular flexibility index (Phi) is 79.3. The lowest BCUT2D eigenvalue weighted by Gasteiger charge is -2.20. The molecule has 0 radical (unpaired) electrons. The maximum atomic E-state index is 12.5. The Morgan fingerprint density at radius 3 is 0.848 bits per heavy atom. The van der Waals surface area contributed by atoms with Gasteiger partial charge in [0.1, 0.15) is 0 Å². The summed E-state index contributed by atoms with van der Waals surface area (Å²) >= 11 is 0. The van der Waals surface area contributed by atoms with Crippen molar-refractivity contribution < 1.29 is 24.5 Å². The van der Waals surface area contributed by atoms with Gasteiger partial charge in [0, 0.05) is 12.8 Å². The summed E-state index contributed by atoms with van der Waals surface area (Å²) in [5.74, 6) is -0.0444. The molecule has 92 heavy (non-hydrogen) atoms. The van der Waals surface area contributed by atoms with E-state index in [9.17, 15) is 19.8 Å². The third-order valence-corrected chi connectivity index (χ3v) is 19.6. The predicted molar refractivity (Wildman–Crippen MR) is 407 cm³/mol. The number of ether oxygens (including phenoxy) is 1. The molecule has 6 nitrogen and oxygen atoms in total. The van der Waals surface area contributed by atoms with Crippen LogP contribution in [-0.2, 0) is 14.3 Å². The molecule has 0 bridgehead atoms. The summed E-state index contributed by atoms with van der Waals surface area (Å²) in [5.41, 5.74) is 0. The average Bonchev–Trinajstić information content (AvgIpc) is 3.61. The molecule has 0 rings (SSSR count). The van der Waals surface area contributed by atoms with Gasteiger partial charge in [-0.25, -0.2) is 0 Å². The van der Waals surface area contributed by atoms with Gasteiger partial charge in [-0.1, -0.05) is 409 Å². The molecule has 0 saturated carbocycles. The molecular weight excluding hydrogens is 1130 g/mol. The minimum Gasteiger partial charge on any atom is -0.466 e. The van der Waals surface area contributed by atoms with Crippen LogP contribution in [0.3, 0.4) is 0 Å². The van der Waals surface area contributed by atoms with E-state index in [1.165, 1.54) is 385 Å². The van der Waals surface area contributed by atoms with Crippen molar-refractivity contribution in [1.82, 2.24) is 5.32 Å². The highest BCUT2D eigenvalue weighted by Gasteiger charge is 2.18. The van der Waals surface area contributed by atoms with Gasteiger partial charge < -0.3 is 20.3 Å². The molecule has 0 spiro atoms. The molecule has 0 aliphatic rings. The van der Waals surface area contributed by atoms with E-state index in [0.717, 1.165) is 51.4 Å². The molecule has 3 N–H and O–H groups in total. The van der Waals surface area contributed by atoms with Gasteiger partial charge in [0.25, 0.3) is 0 Å². The standard InChI is InChI=1S/C86H163NO5/c1-3-5-7-9-11-13-15-17-19-21-46-50-54-58-62-66-70-74-78-84(89)83(82-88)87-85(90)79-75-71-67-63-59-55-51-47-44-42-40-38-36-34-32-30-28-26-24-23-25-27-29-31-33-35-37-39-41-43-45-49-53-57-61-65-69-73-77-81-92-86(91)80-76-72-68-64-60-56-52-48-22-20-18-16-14-12-10-8-6-4-2/h14,16,20,22-24,74,78,83-84,88-89H,3-13,15,17-19,21,25-73,75-77,79-82H2,1-2H3,(H,87,90)/b16-14-,22-20-,24-23-,78-74+. The van der Waals surface area contributed by atoms with Crippen LogP contribution in [0.1, 0.15) is 463 Å². The fourth-order valence-corrected chi connectivity index (χ4v) is 13.2. The van der Waals surface area contributed by atoms with E-state index in [1.807, 2.05) is 6.08 Å². The number of rotatable bonds is 79. The van der Waals surface area contributed by atoms with E-state index in [1.54, 1.807) is 6.08 Å². The summed E-state index contributed by atoms with van der Waals surface area (Å²) in [4.78, 5) is 24.7. The van der Waals surface area contributed by atoms with E-state index >= 15 is 0 Å². The van der Waals surface area contributed by atoms with Crippen LogP contribution in [0, 0.1) is 0 Å². The molecule has 0 heterocycles. The second-order valence-electron chi connectivity index (χ2n) is 28.8. The molecular formula is C86H163NO5. The lowest BCUT2D eigenvalue weighted by atomic mass is 10.0. The maximum absolute atomic E-state index is 12.5. The monoisotopic (exact) mass is 1290 g/mol. The molecule has 1 amide bonds. The Bertz CT molecular complexity index is 1540. The number of unbranched alkanes of at least 4 members (excludes halogenated alkanes) is 62. The summed E-state index contributed by atoms with van der Waals surface area (Å²) in [6, 6.07) is -0.625. The van der Waals surface area contributed by atoms with E-state index in [4.69, 9.17) is 4.74 Å². The Morgan fingerprint density at radius 2 is 0.543 bits per heavy atom. The van der Waals surface area contributed by atoms with Gasteiger partial charge in [-0.3, -0.25) is 9.59 Å². The van der Waals surface area contributed by atoms with Crippen LogP contribution in [0.5, 0.6) is 0 Å². The van der Waals surface area contributed by atoms with Gasteiger partial charge in [0.05, 0.1) is 25.4 Å². The van der Waals surface area contributed by atoms with Crippen LogP contribution in [-0.4, -0.2) is 47.4 Å². The normalized spacial score (nSPS) is 12.7. The average molecular weight is 1290 g/mol. The van der Waals surface area contributed by atoms with Crippen LogP contribution < -0.4 is 5.32 Å². The molecule has 0 saturated heterocycles. The second kappa shape index (κ2) is 81.2. The first-order valence-electron chi connectivity index (χ1n) is 41.9. The maximum Gasteiger partial charge on any atom is 0.305 e. The topological polar surface area (TPSA) is 95.9 Å². The zero-order chi connectivity index (χ0) is 66.3. The van der Waals surface area contributed by atoms with Gasteiger partial charge >= 0.3 is 5.97 Å². The number of hydrogen-bond donors (Lipinski definition) is 3. The van der Waals surface area contributed by atoms with E-state index in [2.05, 4.69) is 55.6 Å². The molecule has 0 aromatic heterocycles. The lowest BCUT2D eigenvalue weighted by molar-refractivity contribution is -0.143.